The highest BCUT2D eigenvalue weighted by Crippen LogP contribution is 2.38. The molecule has 7 heteroatoms. The van der Waals surface area contributed by atoms with E-state index in [1.165, 1.54) is 27.5 Å². The second-order valence-electron chi connectivity index (χ2n) is 8.63. The molecule has 5 nitrogen and oxygen atoms in total. The molecule has 3 aromatic rings. The summed E-state index contributed by atoms with van der Waals surface area (Å²) in [5.41, 5.74) is 3.96. The van der Waals surface area contributed by atoms with E-state index in [1.807, 2.05) is 11.3 Å². The number of hydrogen-bond acceptors (Lipinski definition) is 5. The van der Waals surface area contributed by atoms with Gasteiger partial charge in [0.25, 0.3) is 0 Å². The number of anilines is 1. The molecular weight excluding hydrogens is 413 g/mol. The zero-order valence-corrected chi connectivity index (χ0v) is 18.7. The first-order valence-electron chi connectivity index (χ1n) is 11.3. The number of amides is 1. The second kappa shape index (κ2) is 8.71. The SMILES string of the molecule is CCc1c(CCN2CCC(c3noc4cc(F)ccc34)CC2)sc2c1NC(=O)CCC2. The van der Waals surface area contributed by atoms with E-state index in [9.17, 15) is 9.18 Å². The van der Waals surface area contributed by atoms with E-state index in [0.717, 1.165) is 74.9 Å². The number of piperidine rings is 1. The van der Waals surface area contributed by atoms with E-state index in [4.69, 9.17) is 4.52 Å². The number of aromatic nitrogens is 1. The Bertz CT molecular complexity index is 1100. The number of thiophene rings is 1. The van der Waals surface area contributed by atoms with Crippen molar-refractivity contribution in [3.63, 3.8) is 0 Å². The number of likely N-dealkylation sites (tertiary alicyclic amines) is 1. The van der Waals surface area contributed by atoms with Crippen molar-refractivity contribution in [2.75, 3.05) is 25.0 Å². The average molecular weight is 442 g/mol. The summed E-state index contributed by atoms with van der Waals surface area (Å²) in [7, 11) is 0. The molecule has 164 valence electrons. The number of nitrogens with one attached hydrogen (secondary N) is 1. The Labute approximate surface area is 185 Å². The lowest BCUT2D eigenvalue weighted by atomic mass is 9.91. The van der Waals surface area contributed by atoms with Crippen molar-refractivity contribution in [1.82, 2.24) is 10.1 Å². The van der Waals surface area contributed by atoms with Crippen LogP contribution in [-0.4, -0.2) is 35.6 Å². The first kappa shape index (κ1) is 20.6. The van der Waals surface area contributed by atoms with Crippen LogP contribution < -0.4 is 5.32 Å². The number of carbonyl (C=O) groups excluding carboxylic acids is 1. The molecular formula is C24H28FN3O2S. The number of carbonyl (C=O) groups is 1. The molecule has 2 aromatic heterocycles. The Hall–Kier alpha value is -2.25. The van der Waals surface area contributed by atoms with Gasteiger partial charge in [0.2, 0.25) is 5.91 Å². The molecule has 1 fully saturated rings. The fourth-order valence-electron chi connectivity index (χ4n) is 4.99. The molecule has 0 saturated carbocycles. The van der Waals surface area contributed by atoms with Crippen molar-refractivity contribution in [3.05, 3.63) is 45.0 Å². The monoisotopic (exact) mass is 441 g/mol. The predicted octanol–water partition coefficient (Wildman–Crippen LogP) is 5.29. The van der Waals surface area contributed by atoms with Gasteiger partial charge in [-0.05, 0) is 69.3 Å². The van der Waals surface area contributed by atoms with Crippen molar-refractivity contribution >= 4 is 33.9 Å². The zero-order chi connectivity index (χ0) is 21.4. The van der Waals surface area contributed by atoms with Gasteiger partial charge in [-0.25, -0.2) is 4.39 Å². The van der Waals surface area contributed by atoms with E-state index in [2.05, 4.69) is 22.3 Å². The van der Waals surface area contributed by atoms with Gasteiger partial charge in [0, 0.05) is 40.1 Å². The molecule has 0 radical (unpaired) electrons. The maximum absolute atomic E-state index is 13.4. The molecule has 1 amide bonds. The number of fused-ring (bicyclic) bond motifs is 2. The molecule has 0 unspecified atom stereocenters. The molecule has 0 bridgehead atoms. The quantitative estimate of drug-likeness (QED) is 0.585. The lowest BCUT2D eigenvalue weighted by Gasteiger charge is -2.31. The predicted molar refractivity (Wildman–Crippen MR) is 121 cm³/mol. The number of nitrogens with zero attached hydrogens (tertiary/aromatic N) is 2. The normalized spacial score (nSPS) is 18.2. The van der Waals surface area contributed by atoms with Crippen molar-refractivity contribution in [3.8, 4) is 0 Å². The lowest BCUT2D eigenvalue weighted by Crippen LogP contribution is -2.34. The Morgan fingerprint density at radius 1 is 1.29 bits per heavy atom. The molecule has 31 heavy (non-hydrogen) atoms. The third-order valence-electron chi connectivity index (χ3n) is 6.68. The van der Waals surface area contributed by atoms with E-state index in [1.54, 1.807) is 6.07 Å². The summed E-state index contributed by atoms with van der Waals surface area (Å²) in [6, 6.07) is 4.68. The van der Waals surface area contributed by atoms with Crippen LogP contribution in [0.3, 0.4) is 0 Å². The summed E-state index contributed by atoms with van der Waals surface area (Å²) >= 11 is 1.90. The maximum atomic E-state index is 13.4. The highest BCUT2D eigenvalue weighted by molar-refractivity contribution is 7.12. The van der Waals surface area contributed by atoms with Crippen LogP contribution in [0.25, 0.3) is 11.0 Å². The van der Waals surface area contributed by atoms with Gasteiger partial charge in [-0.15, -0.1) is 11.3 Å². The van der Waals surface area contributed by atoms with Crippen molar-refractivity contribution in [1.29, 1.82) is 0 Å². The Kier molecular flexibility index (Phi) is 5.80. The summed E-state index contributed by atoms with van der Waals surface area (Å²) < 4.78 is 18.8. The summed E-state index contributed by atoms with van der Waals surface area (Å²) in [4.78, 5) is 17.3. The van der Waals surface area contributed by atoms with Crippen molar-refractivity contribution in [2.24, 2.45) is 0 Å². The third kappa shape index (κ3) is 4.13. The van der Waals surface area contributed by atoms with Gasteiger partial charge in [-0.2, -0.15) is 0 Å². The van der Waals surface area contributed by atoms with E-state index >= 15 is 0 Å². The van der Waals surface area contributed by atoms with Gasteiger partial charge in [0.05, 0.1) is 11.4 Å². The van der Waals surface area contributed by atoms with Crippen LogP contribution in [0.5, 0.6) is 0 Å². The van der Waals surface area contributed by atoms with Gasteiger partial charge < -0.3 is 14.7 Å². The van der Waals surface area contributed by atoms with E-state index < -0.39 is 0 Å². The number of benzene rings is 1. The van der Waals surface area contributed by atoms with Gasteiger partial charge in [0.15, 0.2) is 5.58 Å². The van der Waals surface area contributed by atoms with E-state index in [0.29, 0.717) is 17.9 Å². The average Bonchev–Trinajstić information content (AvgIpc) is 3.27. The highest BCUT2D eigenvalue weighted by atomic mass is 32.1. The van der Waals surface area contributed by atoms with Crippen LogP contribution in [0.2, 0.25) is 0 Å². The van der Waals surface area contributed by atoms with Crippen LogP contribution >= 0.6 is 11.3 Å². The second-order valence-corrected chi connectivity index (χ2v) is 9.82. The van der Waals surface area contributed by atoms with Gasteiger partial charge in [-0.1, -0.05) is 12.1 Å². The van der Waals surface area contributed by atoms with E-state index in [-0.39, 0.29) is 11.7 Å². The summed E-state index contributed by atoms with van der Waals surface area (Å²) in [5, 5.41) is 8.36. The minimum absolute atomic E-state index is 0.156. The zero-order valence-electron chi connectivity index (χ0n) is 17.9. The number of aryl methyl sites for hydroxylation is 1. The number of hydrogen-bond donors (Lipinski definition) is 1. The standard InChI is InChI=1S/C24H28FN3O2S/c1-2-17-20(31-21-4-3-5-22(29)26-24(17)21)10-13-28-11-8-15(9-12-28)23-18-7-6-16(25)14-19(18)30-27-23/h6-7,14-15H,2-5,8-13H2,1H3,(H,26,29). The van der Waals surface area contributed by atoms with Gasteiger partial charge in [0.1, 0.15) is 5.82 Å². The van der Waals surface area contributed by atoms with Crippen LogP contribution in [0.15, 0.2) is 22.7 Å². The molecule has 2 aliphatic rings. The Morgan fingerprint density at radius 3 is 2.94 bits per heavy atom. The van der Waals surface area contributed by atoms with Crippen LogP contribution in [0.4, 0.5) is 10.1 Å². The largest absolute Gasteiger partial charge is 0.356 e. The molecule has 0 atom stereocenters. The first-order chi connectivity index (χ1) is 15.1. The smallest absolute Gasteiger partial charge is 0.224 e. The Balaban J connectivity index is 1.22. The minimum Gasteiger partial charge on any atom is -0.356 e. The molecule has 2 aliphatic heterocycles. The molecule has 1 saturated heterocycles. The molecule has 0 spiro atoms. The molecule has 0 aliphatic carbocycles. The minimum atomic E-state index is -0.290. The fourth-order valence-corrected chi connectivity index (χ4v) is 6.38. The topological polar surface area (TPSA) is 58.4 Å². The van der Waals surface area contributed by atoms with Gasteiger partial charge >= 0.3 is 0 Å². The van der Waals surface area contributed by atoms with Crippen LogP contribution in [0.1, 0.15) is 59.5 Å². The van der Waals surface area contributed by atoms with Crippen molar-refractivity contribution in [2.45, 2.75) is 57.8 Å². The maximum Gasteiger partial charge on any atom is 0.224 e. The summed E-state index contributed by atoms with van der Waals surface area (Å²) in [5.74, 6) is 0.229. The van der Waals surface area contributed by atoms with Crippen LogP contribution in [-0.2, 0) is 24.1 Å². The lowest BCUT2D eigenvalue weighted by molar-refractivity contribution is -0.116. The molecule has 1 N–H and O–H groups in total. The Morgan fingerprint density at radius 2 is 2.13 bits per heavy atom. The van der Waals surface area contributed by atoms with Gasteiger partial charge in [-0.3, -0.25) is 4.79 Å². The third-order valence-corrected chi connectivity index (χ3v) is 8.03. The molecule has 1 aromatic carbocycles. The fraction of sp³-hybridized carbons (Fsp3) is 0.500. The molecule has 5 rings (SSSR count). The highest BCUT2D eigenvalue weighted by Gasteiger charge is 2.26. The summed E-state index contributed by atoms with van der Waals surface area (Å²) in [6.07, 6.45) is 6.65. The number of rotatable bonds is 5. The molecule has 4 heterocycles. The van der Waals surface area contributed by atoms with Crippen molar-refractivity contribution < 1.29 is 13.7 Å². The summed E-state index contributed by atoms with van der Waals surface area (Å²) in [6.45, 7) is 5.29. The first-order valence-corrected chi connectivity index (χ1v) is 12.1. The number of halogens is 1. The van der Waals surface area contributed by atoms with Crippen LogP contribution in [0, 0.1) is 5.82 Å².